The fraction of sp³-hybridized carbons (Fsp3) is 0.227. The molecule has 1 aromatic carbocycles. The average molecular weight is 426 g/mol. The Kier molecular flexibility index (Phi) is 4.53. The molecule has 1 atom stereocenters. The number of halogens is 3. The number of piperidine rings is 1. The van der Waals surface area contributed by atoms with Crippen molar-refractivity contribution in [1.82, 2.24) is 19.3 Å². The summed E-state index contributed by atoms with van der Waals surface area (Å²) in [5, 5.41) is 0.535. The number of alkyl halides is 2. The smallest absolute Gasteiger partial charge is 0.287 e. The van der Waals surface area contributed by atoms with Gasteiger partial charge in [-0.3, -0.25) is 4.79 Å². The highest BCUT2D eigenvalue weighted by molar-refractivity contribution is 5.99. The Morgan fingerprint density at radius 2 is 2.03 bits per heavy atom. The van der Waals surface area contributed by atoms with E-state index in [1.165, 1.54) is 29.2 Å². The lowest BCUT2D eigenvalue weighted by Crippen LogP contribution is -2.55. The lowest BCUT2D eigenvalue weighted by atomic mass is 10.0. The largest absolute Gasteiger partial charge is 0.466 e. The number of hydrogen-bond acceptors (Lipinski definition) is 4. The zero-order valence-electron chi connectivity index (χ0n) is 16.2. The van der Waals surface area contributed by atoms with Crippen LogP contribution in [-0.4, -0.2) is 50.3 Å². The van der Waals surface area contributed by atoms with Crippen molar-refractivity contribution in [3.63, 3.8) is 0 Å². The highest BCUT2D eigenvalue weighted by Crippen LogP contribution is 2.32. The Hall–Kier alpha value is -3.62. The first-order valence-corrected chi connectivity index (χ1v) is 9.72. The molecule has 1 saturated heterocycles. The SMILES string of the molecule is O=C(c1cccn2ccnc12)N1CCC(F)(F)[C@@H](Oc2ccc3cc(F)ccc3n2)C1. The van der Waals surface area contributed by atoms with E-state index in [1.807, 2.05) is 0 Å². The lowest BCUT2D eigenvalue weighted by Gasteiger charge is -2.38. The van der Waals surface area contributed by atoms with Crippen LogP contribution in [0.2, 0.25) is 0 Å². The van der Waals surface area contributed by atoms with Gasteiger partial charge in [-0.2, -0.15) is 0 Å². The number of aromatic nitrogens is 3. The Bertz CT molecular complexity index is 1290. The summed E-state index contributed by atoms with van der Waals surface area (Å²) in [5.41, 5.74) is 1.23. The van der Waals surface area contributed by atoms with Crippen molar-refractivity contribution in [1.29, 1.82) is 0 Å². The summed E-state index contributed by atoms with van der Waals surface area (Å²) >= 11 is 0. The van der Waals surface area contributed by atoms with Gasteiger partial charge in [-0.15, -0.1) is 0 Å². The maximum Gasteiger partial charge on any atom is 0.287 e. The minimum absolute atomic E-state index is 0.00607. The van der Waals surface area contributed by atoms with Gasteiger partial charge in [-0.25, -0.2) is 23.1 Å². The molecule has 31 heavy (non-hydrogen) atoms. The molecule has 4 aromatic rings. The van der Waals surface area contributed by atoms with Crippen molar-refractivity contribution < 1.29 is 22.7 Å². The molecule has 0 N–H and O–H groups in total. The molecule has 0 spiro atoms. The molecule has 1 fully saturated rings. The van der Waals surface area contributed by atoms with Gasteiger partial charge < -0.3 is 14.0 Å². The number of carbonyl (C=O) groups is 1. The molecule has 0 aliphatic carbocycles. The number of imidazole rings is 1. The first kappa shape index (κ1) is 19.3. The standard InChI is InChI=1S/C22H17F3N4O2/c23-15-4-5-17-14(12-15)3-6-19(27-17)31-18-13-29(10-7-22(18,24)25)21(30)16-2-1-9-28-11-8-26-20(16)28/h1-6,8-9,11-12,18H,7,10,13H2/t18-/m0/s1. The maximum absolute atomic E-state index is 14.6. The number of ether oxygens (including phenoxy) is 1. The number of likely N-dealkylation sites (tertiary alicyclic amines) is 1. The molecule has 1 aliphatic heterocycles. The molecule has 0 unspecified atom stereocenters. The summed E-state index contributed by atoms with van der Waals surface area (Å²) in [5.74, 6) is -3.94. The van der Waals surface area contributed by atoms with Crippen LogP contribution in [0.5, 0.6) is 5.88 Å². The molecule has 6 nitrogen and oxygen atoms in total. The number of nitrogens with zero attached hydrogens (tertiary/aromatic N) is 4. The van der Waals surface area contributed by atoms with Gasteiger partial charge in [-0.05, 0) is 36.4 Å². The van der Waals surface area contributed by atoms with Crippen LogP contribution in [0.15, 0.2) is 61.1 Å². The van der Waals surface area contributed by atoms with Crippen LogP contribution in [0.1, 0.15) is 16.8 Å². The molecule has 0 radical (unpaired) electrons. The number of rotatable bonds is 3. The molecule has 4 heterocycles. The van der Waals surface area contributed by atoms with E-state index in [0.717, 1.165) is 0 Å². The van der Waals surface area contributed by atoms with Gasteiger partial charge in [-0.1, -0.05) is 0 Å². The van der Waals surface area contributed by atoms with Gasteiger partial charge in [0.05, 0.1) is 17.6 Å². The van der Waals surface area contributed by atoms with Crippen LogP contribution >= 0.6 is 0 Å². The van der Waals surface area contributed by atoms with E-state index in [0.29, 0.717) is 22.1 Å². The van der Waals surface area contributed by atoms with Crippen LogP contribution in [0.4, 0.5) is 13.2 Å². The Labute approximate surface area is 174 Å². The molecule has 3 aromatic heterocycles. The second-order valence-electron chi connectivity index (χ2n) is 7.44. The number of pyridine rings is 2. The fourth-order valence-electron chi connectivity index (χ4n) is 3.75. The Morgan fingerprint density at radius 3 is 2.90 bits per heavy atom. The van der Waals surface area contributed by atoms with Crippen molar-refractivity contribution in [3.05, 3.63) is 72.4 Å². The molecule has 9 heteroatoms. The lowest BCUT2D eigenvalue weighted by molar-refractivity contribution is -0.131. The van der Waals surface area contributed by atoms with Gasteiger partial charge >= 0.3 is 0 Å². The van der Waals surface area contributed by atoms with Crippen LogP contribution in [0, 0.1) is 5.82 Å². The average Bonchev–Trinajstić information content (AvgIpc) is 3.24. The highest BCUT2D eigenvalue weighted by atomic mass is 19.3. The Morgan fingerprint density at radius 1 is 1.16 bits per heavy atom. The second-order valence-corrected chi connectivity index (χ2v) is 7.44. The number of amides is 1. The minimum atomic E-state index is -3.13. The van der Waals surface area contributed by atoms with Gasteiger partial charge in [0.25, 0.3) is 11.8 Å². The topological polar surface area (TPSA) is 59.7 Å². The summed E-state index contributed by atoms with van der Waals surface area (Å²) in [7, 11) is 0. The number of carbonyl (C=O) groups excluding carboxylic acids is 1. The van der Waals surface area contributed by atoms with Gasteiger partial charge in [0.1, 0.15) is 11.5 Å². The van der Waals surface area contributed by atoms with Crippen LogP contribution < -0.4 is 4.74 Å². The predicted molar refractivity (Wildman–Crippen MR) is 107 cm³/mol. The molecular weight excluding hydrogens is 409 g/mol. The van der Waals surface area contributed by atoms with Gasteiger partial charge in [0.15, 0.2) is 6.10 Å². The van der Waals surface area contributed by atoms with E-state index in [9.17, 15) is 18.0 Å². The monoisotopic (exact) mass is 426 g/mol. The van der Waals surface area contributed by atoms with E-state index >= 15 is 0 Å². The van der Waals surface area contributed by atoms with Crippen LogP contribution in [-0.2, 0) is 0 Å². The zero-order valence-corrected chi connectivity index (χ0v) is 16.2. The molecule has 0 bridgehead atoms. The number of benzene rings is 1. The zero-order chi connectivity index (χ0) is 21.6. The van der Waals surface area contributed by atoms with E-state index < -0.39 is 24.3 Å². The van der Waals surface area contributed by atoms with Crippen molar-refractivity contribution in [3.8, 4) is 5.88 Å². The molecule has 0 saturated carbocycles. The van der Waals surface area contributed by atoms with Crippen molar-refractivity contribution in [2.24, 2.45) is 0 Å². The number of fused-ring (bicyclic) bond motifs is 2. The minimum Gasteiger partial charge on any atom is -0.466 e. The third kappa shape index (κ3) is 3.56. The normalized spacial score (nSPS) is 18.4. The quantitative estimate of drug-likeness (QED) is 0.498. The predicted octanol–water partition coefficient (Wildman–Crippen LogP) is 3.95. The van der Waals surface area contributed by atoms with Crippen LogP contribution in [0.25, 0.3) is 16.6 Å². The Balaban J connectivity index is 1.40. The first-order valence-electron chi connectivity index (χ1n) is 9.72. The highest BCUT2D eigenvalue weighted by Gasteiger charge is 2.47. The molecule has 5 rings (SSSR count). The molecule has 1 amide bonds. The summed E-state index contributed by atoms with van der Waals surface area (Å²) in [6, 6.07) is 10.3. The fourth-order valence-corrected chi connectivity index (χ4v) is 3.75. The van der Waals surface area contributed by atoms with Gasteiger partial charge in [0, 0.05) is 43.0 Å². The van der Waals surface area contributed by atoms with Crippen molar-refractivity contribution in [2.45, 2.75) is 18.4 Å². The molecular formula is C22H17F3N4O2. The van der Waals surface area contributed by atoms with Gasteiger partial charge in [0.2, 0.25) is 5.88 Å². The number of hydrogen-bond donors (Lipinski definition) is 0. The third-order valence-electron chi connectivity index (χ3n) is 5.40. The third-order valence-corrected chi connectivity index (χ3v) is 5.40. The molecule has 158 valence electrons. The maximum atomic E-state index is 14.6. The summed E-state index contributed by atoms with van der Waals surface area (Å²) in [6.45, 7) is -0.394. The van der Waals surface area contributed by atoms with E-state index in [2.05, 4.69) is 9.97 Å². The van der Waals surface area contributed by atoms with Crippen molar-refractivity contribution in [2.75, 3.05) is 13.1 Å². The summed E-state index contributed by atoms with van der Waals surface area (Å²) in [4.78, 5) is 22.8. The second kappa shape index (κ2) is 7.26. The van der Waals surface area contributed by atoms with Crippen molar-refractivity contribution >= 4 is 22.5 Å². The summed E-state index contributed by atoms with van der Waals surface area (Å²) in [6.07, 6.45) is 2.95. The van der Waals surface area contributed by atoms with E-state index in [4.69, 9.17) is 4.74 Å². The summed E-state index contributed by atoms with van der Waals surface area (Å²) < 4.78 is 49.8. The first-order chi connectivity index (χ1) is 14.9. The van der Waals surface area contributed by atoms with Crippen LogP contribution in [0.3, 0.4) is 0 Å². The van der Waals surface area contributed by atoms with E-state index in [-0.39, 0.29) is 24.9 Å². The molecule has 1 aliphatic rings. The van der Waals surface area contributed by atoms with E-state index in [1.54, 1.807) is 41.2 Å².